The number of hydrogen-bond acceptors (Lipinski definition) is 5. The van der Waals surface area contributed by atoms with Gasteiger partial charge in [0.15, 0.2) is 0 Å². The molecule has 0 aliphatic carbocycles. The third-order valence-electron chi connectivity index (χ3n) is 4.02. The van der Waals surface area contributed by atoms with Gasteiger partial charge in [-0.3, -0.25) is 9.69 Å². The minimum Gasteiger partial charge on any atom is -0.497 e. The molecule has 0 saturated carbocycles. The smallest absolute Gasteiger partial charge is 0.253 e. The quantitative estimate of drug-likeness (QED) is 0.833. The molecule has 0 N–H and O–H groups in total. The molecular formula is C17H22ClN3O2S. The van der Waals surface area contributed by atoms with Crippen molar-refractivity contribution < 1.29 is 9.53 Å². The van der Waals surface area contributed by atoms with Crippen LogP contribution in [0.4, 0.5) is 0 Å². The van der Waals surface area contributed by atoms with Gasteiger partial charge in [0, 0.05) is 42.8 Å². The van der Waals surface area contributed by atoms with E-state index in [1.165, 1.54) is 0 Å². The van der Waals surface area contributed by atoms with Gasteiger partial charge in [-0.05, 0) is 31.2 Å². The molecule has 1 fully saturated rings. The van der Waals surface area contributed by atoms with Gasteiger partial charge in [-0.15, -0.1) is 23.7 Å². The molecule has 1 aromatic carbocycles. The van der Waals surface area contributed by atoms with Crippen molar-refractivity contribution in [1.29, 1.82) is 0 Å². The van der Waals surface area contributed by atoms with Crippen LogP contribution in [-0.4, -0.2) is 54.0 Å². The first kappa shape index (κ1) is 18.7. The topological polar surface area (TPSA) is 45.7 Å². The molecular weight excluding hydrogens is 346 g/mol. The highest BCUT2D eigenvalue weighted by atomic mass is 35.5. The lowest BCUT2D eigenvalue weighted by Crippen LogP contribution is -2.48. The van der Waals surface area contributed by atoms with Gasteiger partial charge in [-0.1, -0.05) is 0 Å². The second-order valence-corrected chi connectivity index (χ2v) is 6.62. The van der Waals surface area contributed by atoms with Crippen LogP contribution in [0.5, 0.6) is 5.75 Å². The van der Waals surface area contributed by atoms with Crippen LogP contribution < -0.4 is 4.74 Å². The molecule has 24 heavy (non-hydrogen) atoms. The Morgan fingerprint density at radius 2 is 1.88 bits per heavy atom. The Morgan fingerprint density at radius 3 is 2.42 bits per heavy atom. The van der Waals surface area contributed by atoms with Gasteiger partial charge < -0.3 is 9.64 Å². The predicted molar refractivity (Wildman–Crippen MR) is 98.3 cm³/mol. The zero-order chi connectivity index (χ0) is 16.2. The number of hydrogen-bond donors (Lipinski definition) is 0. The van der Waals surface area contributed by atoms with Gasteiger partial charge in [0.25, 0.3) is 5.91 Å². The molecule has 7 heteroatoms. The molecule has 1 aromatic heterocycles. The Bertz CT molecular complexity index is 667. The molecule has 1 saturated heterocycles. The highest BCUT2D eigenvalue weighted by Crippen LogP contribution is 2.16. The van der Waals surface area contributed by atoms with Crippen molar-refractivity contribution in [3.8, 4) is 5.75 Å². The van der Waals surface area contributed by atoms with E-state index in [9.17, 15) is 4.79 Å². The maximum Gasteiger partial charge on any atom is 0.253 e. The number of nitrogens with zero attached hydrogens (tertiary/aromatic N) is 3. The molecule has 2 heterocycles. The van der Waals surface area contributed by atoms with Crippen molar-refractivity contribution in [2.75, 3.05) is 33.3 Å². The number of methoxy groups -OCH3 is 1. The van der Waals surface area contributed by atoms with Crippen LogP contribution >= 0.6 is 23.7 Å². The minimum absolute atomic E-state index is 0. The standard InChI is InChI=1S/C17H21N3O2S.ClH/c1-13-12-23-16(18-13)11-19-7-9-20(10-8-19)17(21)14-3-5-15(22-2)6-4-14;/h3-6,12H,7-11H2,1-2H3;1H. The van der Waals surface area contributed by atoms with E-state index >= 15 is 0 Å². The molecule has 0 spiro atoms. The summed E-state index contributed by atoms with van der Waals surface area (Å²) < 4.78 is 5.13. The largest absolute Gasteiger partial charge is 0.497 e. The van der Waals surface area contributed by atoms with E-state index in [4.69, 9.17) is 4.74 Å². The number of ether oxygens (including phenoxy) is 1. The molecule has 1 aliphatic rings. The van der Waals surface area contributed by atoms with Gasteiger partial charge in [0.05, 0.1) is 13.7 Å². The van der Waals surface area contributed by atoms with Crippen molar-refractivity contribution in [3.63, 3.8) is 0 Å². The summed E-state index contributed by atoms with van der Waals surface area (Å²) >= 11 is 1.71. The summed E-state index contributed by atoms with van der Waals surface area (Å²) in [5.74, 6) is 0.863. The first-order valence-corrected chi connectivity index (χ1v) is 8.60. The van der Waals surface area contributed by atoms with Gasteiger partial charge in [-0.2, -0.15) is 0 Å². The first-order chi connectivity index (χ1) is 11.2. The summed E-state index contributed by atoms with van der Waals surface area (Å²) in [6, 6.07) is 7.31. The highest BCUT2D eigenvalue weighted by molar-refractivity contribution is 7.09. The number of aromatic nitrogens is 1. The van der Waals surface area contributed by atoms with Gasteiger partial charge in [-0.25, -0.2) is 4.98 Å². The molecule has 0 bridgehead atoms. The van der Waals surface area contributed by atoms with E-state index in [0.717, 1.165) is 54.7 Å². The summed E-state index contributed by atoms with van der Waals surface area (Å²) in [7, 11) is 1.62. The SMILES string of the molecule is COc1ccc(C(=O)N2CCN(Cc3nc(C)cs3)CC2)cc1.Cl. The lowest BCUT2D eigenvalue weighted by atomic mass is 10.1. The number of aryl methyl sites for hydroxylation is 1. The van der Waals surface area contributed by atoms with Crippen LogP contribution in [0.3, 0.4) is 0 Å². The molecule has 1 aliphatic heterocycles. The molecule has 2 aromatic rings. The van der Waals surface area contributed by atoms with Crippen molar-refractivity contribution in [2.45, 2.75) is 13.5 Å². The molecule has 5 nitrogen and oxygen atoms in total. The fraction of sp³-hybridized carbons (Fsp3) is 0.412. The van der Waals surface area contributed by atoms with Crippen molar-refractivity contribution in [1.82, 2.24) is 14.8 Å². The second kappa shape index (κ2) is 8.46. The third-order valence-corrected chi connectivity index (χ3v) is 4.97. The average Bonchev–Trinajstić information content (AvgIpc) is 3.00. The summed E-state index contributed by atoms with van der Waals surface area (Å²) in [4.78, 5) is 21.3. The highest BCUT2D eigenvalue weighted by Gasteiger charge is 2.22. The van der Waals surface area contributed by atoms with Crippen molar-refractivity contribution in [2.24, 2.45) is 0 Å². The van der Waals surface area contributed by atoms with Crippen molar-refractivity contribution >= 4 is 29.7 Å². The summed E-state index contributed by atoms with van der Waals surface area (Å²) in [5.41, 5.74) is 1.80. The van der Waals surface area contributed by atoms with E-state index in [1.807, 2.05) is 36.1 Å². The third kappa shape index (κ3) is 4.47. The fourth-order valence-electron chi connectivity index (χ4n) is 2.69. The number of thiazole rings is 1. The Balaban J connectivity index is 0.00000208. The van der Waals surface area contributed by atoms with E-state index in [1.54, 1.807) is 18.4 Å². The zero-order valence-corrected chi connectivity index (χ0v) is 15.5. The Hall–Kier alpha value is -1.63. The second-order valence-electron chi connectivity index (χ2n) is 5.68. The van der Waals surface area contributed by atoms with Crippen LogP contribution in [0.15, 0.2) is 29.6 Å². The minimum atomic E-state index is 0. The van der Waals surface area contributed by atoms with Crippen LogP contribution in [0.25, 0.3) is 0 Å². The maximum atomic E-state index is 12.5. The van der Waals surface area contributed by atoms with Crippen molar-refractivity contribution in [3.05, 3.63) is 45.9 Å². The number of amides is 1. The maximum absolute atomic E-state index is 12.5. The van der Waals surface area contributed by atoms with E-state index in [-0.39, 0.29) is 18.3 Å². The van der Waals surface area contributed by atoms with Gasteiger partial charge in [0.2, 0.25) is 0 Å². The van der Waals surface area contributed by atoms with E-state index < -0.39 is 0 Å². The van der Waals surface area contributed by atoms with Gasteiger partial charge in [0.1, 0.15) is 10.8 Å². The number of rotatable bonds is 4. The fourth-order valence-corrected chi connectivity index (χ4v) is 3.50. The Labute approximate surface area is 152 Å². The van der Waals surface area contributed by atoms with E-state index in [0.29, 0.717) is 0 Å². The van der Waals surface area contributed by atoms with Crippen LogP contribution in [0.2, 0.25) is 0 Å². The monoisotopic (exact) mass is 367 g/mol. The lowest BCUT2D eigenvalue weighted by Gasteiger charge is -2.34. The lowest BCUT2D eigenvalue weighted by molar-refractivity contribution is 0.0628. The van der Waals surface area contributed by atoms with E-state index in [2.05, 4.69) is 15.3 Å². The van der Waals surface area contributed by atoms with Crippen LogP contribution in [0, 0.1) is 6.92 Å². The molecule has 3 rings (SSSR count). The molecule has 0 radical (unpaired) electrons. The average molecular weight is 368 g/mol. The summed E-state index contributed by atoms with van der Waals surface area (Å²) in [6.45, 7) is 6.19. The zero-order valence-electron chi connectivity index (χ0n) is 13.9. The first-order valence-electron chi connectivity index (χ1n) is 7.72. The molecule has 0 atom stereocenters. The normalized spacial score (nSPS) is 15.0. The molecule has 0 unspecified atom stereocenters. The number of piperazine rings is 1. The molecule has 1 amide bonds. The summed E-state index contributed by atoms with van der Waals surface area (Å²) in [6.07, 6.45) is 0. The van der Waals surface area contributed by atoms with Crippen LogP contribution in [-0.2, 0) is 6.54 Å². The Morgan fingerprint density at radius 1 is 1.21 bits per heavy atom. The predicted octanol–water partition coefficient (Wildman–Crippen LogP) is 2.84. The van der Waals surface area contributed by atoms with Gasteiger partial charge >= 0.3 is 0 Å². The number of carbonyl (C=O) groups excluding carboxylic acids is 1. The number of benzene rings is 1. The summed E-state index contributed by atoms with van der Waals surface area (Å²) in [5, 5.41) is 3.23. The Kier molecular flexibility index (Phi) is 6.60. The number of carbonyl (C=O) groups is 1. The molecule has 130 valence electrons. The number of halogens is 1. The van der Waals surface area contributed by atoms with Crippen LogP contribution in [0.1, 0.15) is 21.1 Å².